The first kappa shape index (κ1) is 19.0. The quantitative estimate of drug-likeness (QED) is 0.770. The van der Waals surface area contributed by atoms with Gasteiger partial charge in [0.15, 0.2) is 9.84 Å². The molecule has 23 heavy (non-hydrogen) atoms. The van der Waals surface area contributed by atoms with Crippen LogP contribution in [0.2, 0.25) is 0 Å². The fourth-order valence-electron chi connectivity index (χ4n) is 1.83. The second kappa shape index (κ2) is 7.04. The molecule has 6 nitrogen and oxygen atoms in total. The third kappa shape index (κ3) is 5.28. The Morgan fingerprint density at radius 1 is 1.35 bits per heavy atom. The number of carbonyl (C=O) groups excluding carboxylic acids is 1. The second-order valence-corrected chi connectivity index (χ2v) is 8.00. The molecular weight excluding hydrogens is 318 g/mol. The molecule has 0 aliphatic rings. The molecule has 1 aromatic rings. The van der Waals surface area contributed by atoms with Crippen LogP contribution >= 0.6 is 0 Å². The lowest BCUT2D eigenvalue weighted by Gasteiger charge is -2.27. The minimum absolute atomic E-state index is 0.112. The highest BCUT2D eigenvalue weighted by atomic mass is 32.2. The molecule has 0 heterocycles. The van der Waals surface area contributed by atoms with E-state index >= 15 is 0 Å². The number of amides is 1. The number of hydrogen-bond acceptors (Lipinski definition) is 5. The van der Waals surface area contributed by atoms with Crippen molar-refractivity contribution in [3.63, 3.8) is 0 Å². The summed E-state index contributed by atoms with van der Waals surface area (Å²) < 4.78 is 33.9. The number of benzene rings is 1. The average Bonchev–Trinajstić information content (AvgIpc) is 2.41. The normalized spacial score (nSPS) is 11.7. The zero-order valence-electron chi connectivity index (χ0n) is 14.1. The minimum atomic E-state index is -3.37. The maximum atomic E-state index is 12.4. The third-order valence-corrected chi connectivity index (χ3v) is 3.91. The van der Waals surface area contributed by atoms with E-state index in [1.807, 2.05) is 0 Å². The van der Waals surface area contributed by atoms with Gasteiger partial charge in [0.25, 0.3) is 0 Å². The summed E-state index contributed by atoms with van der Waals surface area (Å²) in [5.74, 6) is 0.264. The van der Waals surface area contributed by atoms with E-state index in [1.54, 1.807) is 26.8 Å². The van der Waals surface area contributed by atoms with Gasteiger partial charge in [-0.2, -0.15) is 0 Å². The molecule has 0 saturated carbocycles. The Morgan fingerprint density at radius 3 is 2.39 bits per heavy atom. The van der Waals surface area contributed by atoms with Gasteiger partial charge in [0.05, 0.1) is 17.7 Å². The van der Waals surface area contributed by atoms with Gasteiger partial charge in [0.1, 0.15) is 11.4 Å². The average molecular weight is 341 g/mol. The van der Waals surface area contributed by atoms with Gasteiger partial charge in [-0.3, -0.25) is 4.90 Å². The van der Waals surface area contributed by atoms with Crippen molar-refractivity contribution < 1.29 is 22.7 Å². The van der Waals surface area contributed by atoms with Crippen LogP contribution in [-0.4, -0.2) is 40.0 Å². The van der Waals surface area contributed by atoms with Crippen molar-refractivity contribution in [2.45, 2.75) is 31.3 Å². The van der Waals surface area contributed by atoms with Gasteiger partial charge in [0, 0.05) is 18.9 Å². The second-order valence-electron chi connectivity index (χ2n) is 5.99. The molecule has 0 fully saturated rings. The van der Waals surface area contributed by atoms with Crippen LogP contribution in [0.3, 0.4) is 0 Å². The maximum absolute atomic E-state index is 12.4. The zero-order valence-corrected chi connectivity index (χ0v) is 14.9. The van der Waals surface area contributed by atoms with Crippen LogP contribution in [0.5, 0.6) is 5.75 Å². The molecule has 0 atom stereocenters. The van der Waals surface area contributed by atoms with E-state index in [9.17, 15) is 13.2 Å². The van der Waals surface area contributed by atoms with Gasteiger partial charge in [-0.1, -0.05) is 6.08 Å². The number of ether oxygens (including phenoxy) is 2. The van der Waals surface area contributed by atoms with Crippen LogP contribution in [0.4, 0.5) is 10.5 Å². The van der Waals surface area contributed by atoms with Gasteiger partial charge < -0.3 is 9.47 Å². The summed E-state index contributed by atoms with van der Waals surface area (Å²) in [7, 11) is -1.97. The number of carbonyl (C=O) groups is 1. The Kier molecular flexibility index (Phi) is 5.82. The Bertz CT molecular complexity index is 689. The number of sulfone groups is 1. The fraction of sp³-hybridized carbons (Fsp3) is 0.438. The maximum Gasteiger partial charge on any atom is 0.415 e. The molecule has 0 aliphatic heterocycles. The van der Waals surface area contributed by atoms with E-state index in [0.717, 1.165) is 6.26 Å². The highest BCUT2D eigenvalue weighted by molar-refractivity contribution is 7.90. The topological polar surface area (TPSA) is 72.9 Å². The Hall–Kier alpha value is -2.02. The van der Waals surface area contributed by atoms with Crippen LogP contribution < -0.4 is 9.64 Å². The summed E-state index contributed by atoms with van der Waals surface area (Å²) in [6.07, 6.45) is 2.09. The SMILES string of the molecule is C=CCN(C(=O)OC(C)(C)C)c1ccc(S(C)(=O)=O)cc1OC. The number of hydrogen-bond donors (Lipinski definition) is 0. The summed E-state index contributed by atoms with van der Waals surface area (Å²) in [4.78, 5) is 13.8. The van der Waals surface area contributed by atoms with Crippen molar-refractivity contribution in [1.29, 1.82) is 0 Å². The predicted octanol–water partition coefficient (Wildman–Crippen LogP) is 3.03. The lowest BCUT2D eigenvalue weighted by Crippen LogP contribution is -2.37. The van der Waals surface area contributed by atoms with Crippen molar-refractivity contribution in [3.8, 4) is 5.75 Å². The van der Waals surface area contributed by atoms with Crippen LogP contribution in [0.25, 0.3) is 0 Å². The lowest BCUT2D eigenvalue weighted by atomic mass is 10.2. The van der Waals surface area contributed by atoms with Crippen LogP contribution in [0.15, 0.2) is 35.7 Å². The van der Waals surface area contributed by atoms with E-state index in [-0.39, 0.29) is 17.2 Å². The Balaban J connectivity index is 3.32. The van der Waals surface area contributed by atoms with Crippen LogP contribution in [0.1, 0.15) is 20.8 Å². The first-order valence-electron chi connectivity index (χ1n) is 6.99. The van der Waals surface area contributed by atoms with Gasteiger partial charge in [0.2, 0.25) is 0 Å². The molecule has 1 aromatic carbocycles. The third-order valence-electron chi connectivity index (χ3n) is 2.80. The van der Waals surface area contributed by atoms with E-state index < -0.39 is 21.5 Å². The van der Waals surface area contributed by atoms with E-state index in [1.165, 1.54) is 30.2 Å². The molecule has 0 aromatic heterocycles. The first-order valence-corrected chi connectivity index (χ1v) is 8.88. The monoisotopic (exact) mass is 341 g/mol. The lowest BCUT2D eigenvalue weighted by molar-refractivity contribution is 0.0583. The smallest absolute Gasteiger partial charge is 0.415 e. The number of nitrogens with zero attached hydrogens (tertiary/aromatic N) is 1. The first-order chi connectivity index (χ1) is 10.5. The minimum Gasteiger partial charge on any atom is -0.495 e. The van der Waals surface area contributed by atoms with E-state index in [4.69, 9.17) is 9.47 Å². The molecule has 1 rings (SSSR count). The summed E-state index contributed by atoms with van der Waals surface area (Å²) >= 11 is 0. The highest BCUT2D eigenvalue weighted by Crippen LogP contribution is 2.32. The van der Waals surface area contributed by atoms with Gasteiger partial charge in [-0.25, -0.2) is 13.2 Å². The largest absolute Gasteiger partial charge is 0.495 e. The van der Waals surface area contributed by atoms with Crippen LogP contribution in [-0.2, 0) is 14.6 Å². The standard InChI is InChI=1S/C16H23NO5S/c1-7-10-17(15(18)22-16(2,3)4)13-9-8-12(23(6,19)20)11-14(13)21-5/h7-9,11H,1,10H2,2-6H3. The molecule has 0 saturated heterocycles. The molecule has 0 bridgehead atoms. The summed E-state index contributed by atoms with van der Waals surface area (Å²) in [6.45, 7) is 9.12. The van der Waals surface area contributed by atoms with Crippen molar-refractivity contribution in [3.05, 3.63) is 30.9 Å². The number of rotatable bonds is 5. The number of methoxy groups -OCH3 is 1. The van der Waals surface area contributed by atoms with Crippen molar-refractivity contribution in [2.24, 2.45) is 0 Å². The van der Waals surface area contributed by atoms with Gasteiger partial charge in [-0.15, -0.1) is 6.58 Å². The fourth-order valence-corrected chi connectivity index (χ4v) is 2.47. The molecule has 128 valence electrons. The summed E-state index contributed by atoms with van der Waals surface area (Å²) in [5, 5.41) is 0. The summed E-state index contributed by atoms with van der Waals surface area (Å²) in [6, 6.07) is 4.32. The van der Waals surface area contributed by atoms with Crippen molar-refractivity contribution in [2.75, 3.05) is 24.8 Å². The molecule has 0 radical (unpaired) electrons. The molecule has 0 unspecified atom stereocenters. The van der Waals surface area contributed by atoms with E-state index in [0.29, 0.717) is 5.69 Å². The molecule has 7 heteroatoms. The summed E-state index contributed by atoms with van der Waals surface area (Å²) in [5.41, 5.74) is -0.245. The molecular formula is C16H23NO5S. The Morgan fingerprint density at radius 2 is 1.96 bits per heavy atom. The molecule has 0 aliphatic carbocycles. The molecule has 1 amide bonds. The Labute approximate surface area is 137 Å². The molecule has 0 N–H and O–H groups in total. The van der Waals surface area contributed by atoms with E-state index in [2.05, 4.69) is 6.58 Å². The van der Waals surface area contributed by atoms with Gasteiger partial charge in [-0.05, 0) is 32.9 Å². The molecule has 0 spiro atoms. The van der Waals surface area contributed by atoms with Crippen molar-refractivity contribution >= 4 is 21.6 Å². The van der Waals surface area contributed by atoms with Crippen molar-refractivity contribution in [1.82, 2.24) is 0 Å². The van der Waals surface area contributed by atoms with Gasteiger partial charge >= 0.3 is 6.09 Å². The zero-order chi connectivity index (χ0) is 17.8. The number of anilines is 1. The predicted molar refractivity (Wildman–Crippen MR) is 89.9 cm³/mol. The highest BCUT2D eigenvalue weighted by Gasteiger charge is 2.25. The van der Waals surface area contributed by atoms with Crippen LogP contribution in [0, 0.1) is 0 Å².